The molecule has 13 heavy (non-hydrogen) atoms. The van der Waals surface area contributed by atoms with E-state index >= 15 is 0 Å². The van der Waals surface area contributed by atoms with Crippen molar-refractivity contribution in [2.45, 2.75) is 6.17 Å². The summed E-state index contributed by atoms with van der Waals surface area (Å²) in [5.74, 6) is 5.78. The highest BCUT2D eigenvalue weighted by Gasteiger charge is 2.22. The number of hydrogen-bond acceptors (Lipinski definition) is 5. The summed E-state index contributed by atoms with van der Waals surface area (Å²) in [6.45, 7) is 3.39. The lowest BCUT2D eigenvalue weighted by Crippen LogP contribution is -2.54. The van der Waals surface area contributed by atoms with Crippen LogP contribution in [-0.2, 0) is 4.74 Å². The fraction of sp³-hybridized carbons (Fsp3) is 0.625. The molecule has 0 spiro atoms. The van der Waals surface area contributed by atoms with Crippen LogP contribution < -0.4 is 5.84 Å². The van der Waals surface area contributed by atoms with Gasteiger partial charge < -0.3 is 4.74 Å². The molecule has 0 amide bonds. The van der Waals surface area contributed by atoms with Crippen LogP contribution in [0.3, 0.4) is 0 Å². The van der Waals surface area contributed by atoms with Crippen molar-refractivity contribution in [3.8, 4) is 0 Å². The number of ether oxygens (including phenoxy) is 1. The third kappa shape index (κ3) is 1.88. The molecule has 1 fully saturated rings. The second kappa shape index (κ2) is 3.87. The molecule has 0 aromatic rings. The van der Waals surface area contributed by atoms with E-state index in [0.717, 1.165) is 26.3 Å². The van der Waals surface area contributed by atoms with E-state index in [1.165, 1.54) is 0 Å². The summed E-state index contributed by atoms with van der Waals surface area (Å²) in [5.41, 5.74) is 0. The molecule has 0 saturated carbocycles. The summed E-state index contributed by atoms with van der Waals surface area (Å²) in [5, 5.41) is 1.66. The zero-order valence-electron chi connectivity index (χ0n) is 7.47. The number of hydrogen-bond donors (Lipinski definition) is 1. The maximum absolute atomic E-state index is 5.78. The van der Waals surface area contributed by atoms with E-state index in [0.29, 0.717) is 0 Å². The molecule has 2 N–H and O–H groups in total. The highest BCUT2D eigenvalue weighted by Crippen LogP contribution is 2.07. The Labute approximate surface area is 77.4 Å². The van der Waals surface area contributed by atoms with Gasteiger partial charge in [0.05, 0.1) is 13.2 Å². The van der Waals surface area contributed by atoms with Gasteiger partial charge in [0.1, 0.15) is 6.17 Å². The molecule has 0 aliphatic carbocycles. The van der Waals surface area contributed by atoms with Crippen molar-refractivity contribution >= 4 is 6.21 Å². The third-order valence-corrected chi connectivity index (χ3v) is 2.27. The summed E-state index contributed by atoms with van der Waals surface area (Å²) in [6, 6.07) is 0. The predicted molar refractivity (Wildman–Crippen MR) is 49.8 cm³/mol. The van der Waals surface area contributed by atoms with Gasteiger partial charge in [-0.1, -0.05) is 0 Å². The molecule has 0 bridgehead atoms. The molecule has 0 aromatic carbocycles. The maximum Gasteiger partial charge on any atom is 0.133 e. The molecule has 2 aliphatic heterocycles. The fourth-order valence-corrected chi connectivity index (χ4v) is 1.53. The molecule has 1 atom stereocenters. The summed E-state index contributed by atoms with van der Waals surface area (Å²) >= 11 is 0. The van der Waals surface area contributed by atoms with Gasteiger partial charge in [0.25, 0.3) is 0 Å². The van der Waals surface area contributed by atoms with Crippen molar-refractivity contribution in [2.75, 3.05) is 26.3 Å². The van der Waals surface area contributed by atoms with Gasteiger partial charge in [-0.3, -0.25) is 14.9 Å². The number of nitrogens with zero attached hydrogens (tertiary/aromatic N) is 3. The van der Waals surface area contributed by atoms with E-state index in [1.54, 1.807) is 17.4 Å². The van der Waals surface area contributed by atoms with Crippen LogP contribution in [0.5, 0.6) is 0 Å². The van der Waals surface area contributed by atoms with Crippen LogP contribution in [0.4, 0.5) is 0 Å². The van der Waals surface area contributed by atoms with Crippen LogP contribution in [-0.4, -0.2) is 48.6 Å². The second-order valence-corrected chi connectivity index (χ2v) is 3.11. The van der Waals surface area contributed by atoms with Gasteiger partial charge in [0.2, 0.25) is 0 Å². The zero-order chi connectivity index (χ0) is 9.10. The van der Waals surface area contributed by atoms with E-state index in [9.17, 15) is 0 Å². The standard InChI is InChI=1S/C8H14N4O/c9-12-2-1-10-7-8(12)11-3-5-13-6-4-11/h1-2,7-8H,3-6,9H2/t8-/m0/s1. The van der Waals surface area contributed by atoms with Crippen LogP contribution in [0, 0.1) is 0 Å². The number of hydrazine groups is 1. The number of morpholine rings is 1. The number of aliphatic imine (C=N–C) groups is 1. The SMILES string of the molecule is NN1C=CN=C[C@H]1N1CCOCC1. The highest BCUT2D eigenvalue weighted by molar-refractivity contribution is 5.65. The summed E-state index contributed by atoms with van der Waals surface area (Å²) < 4.78 is 5.26. The van der Waals surface area contributed by atoms with Gasteiger partial charge in [-0.25, -0.2) is 5.84 Å². The first-order chi connectivity index (χ1) is 6.38. The van der Waals surface area contributed by atoms with Crippen molar-refractivity contribution in [3.63, 3.8) is 0 Å². The zero-order valence-corrected chi connectivity index (χ0v) is 7.47. The number of nitrogens with two attached hydrogens (primary N) is 1. The molecule has 2 aliphatic rings. The Kier molecular flexibility index (Phi) is 2.58. The van der Waals surface area contributed by atoms with Crippen molar-refractivity contribution in [1.82, 2.24) is 9.91 Å². The molecule has 2 heterocycles. The lowest BCUT2D eigenvalue weighted by Gasteiger charge is -2.37. The lowest BCUT2D eigenvalue weighted by molar-refractivity contribution is 0.00225. The Morgan fingerprint density at radius 2 is 2.15 bits per heavy atom. The Hall–Kier alpha value is -0.910. The topological polar surface area (TPSA) is 54.1 Å². The molecule has 0 radical (unpaired) electrons. The van der Waals surface area contributed by atoms with Gasteiger partial charge in [-0.2, -0.15) is 0 Å². The molecular weight excluding hydrogens is 168 g/mol. The largest absolute Gasteiger partial charge is 0.379 e. The van der Waals surface area contributed by atoms with Gasteiger partial charge >= 0.3 is 0 Å². The first kappa shape index (κ1) is 8.68. The van der Waals surface area contributed by atoms with E-state index in [2.05, 4.69) is 9.89 Å². The minimum Gasteiger partial charge on any atom is -0.379 e. The van der Waals surface area contributed by atoms with Crippen LogP contribution in [0.25, 0.3) is 0 Å². The van der Waals surface area contributed by atoms with Gasteiger partial charge in [0.15, 0.2) is 0 Å². The van der Waals surface area contributed by atoms with E-state index < -0.39 is 0 Å². The quantitative estimate of drug-likeness (QED) is 0.549. The molecule has 5 heteroatoms. The summed E-state index contributed by atoms with van der Waals surface area (Å²) in [4.78, 5) is 6.32. The molecule has 0 unspecified atom stereocenters. The minimum atomic E-state index is 0.0916. The van der Waals surface area contributed by atoms with Crippen LogP contribution in [0.2, 0.25) is 0 Å². The van der Waals surface area contributed by atoms with Gasteiger partial charge in [-0.15, -0.1) is 0 Å². The van der Waals surface area contributed by atoms with Gasteiger partial charge in [0, 0.05) is 31.7 Å². The molecule has 0 aromatic heterocycles. The molecule has 5 nitrogen and oxygen atoms in total. The van der Waals surface area contributed by atoms with Gasteiger partial charge in [-0.05, 0) is 0 Å². The average Bonchev–Trinajstić information content (AvgIpc) is 2.20. The van der Waals surface area contributed by atoms with E-state index in [4.69, 9.17) is 10.6 Å². The summed E-state index contributed by atoms with van der Waals surface area (Å²) in [7, 11) is 0. The minimum absolute atomic E-state index is 0.0916. The average molecular weight is 182 g/mol. The molecule has 2 rings (SSSR count). The molecule has 72 valence electrons. The number of rotatable bonds is 1. The molecule has 1 saturated heterocycles. The van der Waals surface area contributed by atoms with E-state index in [-0.39, 0.29) is 6.17 Å². The molecular formula is C8H14N4O. The first-order valence-electron chi connectivity index (χ1n) is 4.43. The Balaban J connectivity index is 1.98. The smallest absolute Gasteiger partial charge is 0.133 e. The normalized spacial score (nSPS) is 29.6. The van der Waals surface area contributed by atoms with Crippen molar-refractivity contribution in [2.24, 2.45) is 10.8 Å². The van der Waals surface area contributed by atoms with E-state index in [1.807, 2.05) is 6.21 Å². The van der Waals surface area contributed by atoms with Crippen molar-refractivity contribution in [3.05, 3.63) is 12.4 Å². The third-order valence-electron chi connectivity index (χ3n) is 2.27. The van der Waals surface area contributed by atoms with Crippen LogP contribution >= 0.6 is 0 Å². The summed E-state index contributed by atoms with van der Waals surface area (Å²) in [6.07, 6.45) is 5.41. The second-order valence-electron chi connectivity index (χ2n) is 3.11. The monoisotopic (exact) mass is 182 g/mol. The Morgan fingerprint density at radius 1 is 1.38 bits per heavy atom. The van der Waals surface area contributed by atoms with Crippen molar-refractivity contribution in [1.29, 1.82) is 0 Å². The maximum atomic E-state index is 5.78. The van der Waals surface area contributed by atoms with Crippen LogP contribution in [0.15, 0.2) is 17.4 Å². The Bertz CT molecular complexity index is 222. The lowest BCUT2D eigenvalue weighted by atomic mass is 10.3. The first-order valence-corrected chi connectivity index (χ1v) is 4.43. The highest BCUT2D eigenvalue weighted by atomic mass is 16.5. The Morgan fingerprint density at radius 3 is 2.85 bits per heavy atom. The predicted octanol–water partition coefficient (Wildman–Crippen LogP) is -0.624. The van der Waals surface area contributed by atoms with Crippen LogP contribution in [0.1, 0.15) is 0 Å². The van der Waals surface area contributed by atoms with Crippen molar-refractivity contribution < 1.29 is 4.74 Å². The fourth-order valence-electron chi connectivity index (χ4n) is 1.53.